The summed E-state index contributed by atoms with van der Waals surface area (Å²) >= 11 is 0. The second kappa shape index (κ2) is 32.4. The minimum atomic E-state index is -2.80. The average molecular weight is 1070 g/mol. The van der Waals surface area contributed by atoms with Gasteiger partial charge in [-0.15, -0.1) is 0 Å². The molecule has 0 aromatic heterocycles. The fraction of sp³-hybridized carbons (Fsp3) is 0.532. The van der Waals surface area contributed by atoms with Gasteiger partial charge in [0, 0.05) is 32.9 Å². The summed E-state index contributed by atoms with van der Waals surface area (Å²) in [4.78, 5) is 0. The first-order valence-electron chi connectivity index (χ1n) is 39.0. The Kier molecular flexibility index (Phi) is 16.7. The molecule has 6 rings (SSSR count). The van der Waals surface area contributed by atoms with E-state index >= 15 is 0 Å². The van der Waals surface area contributed by atoms with Gasteiger partial charge in [0.2, 0.25) is 0 Å². The minimum Gasteiger partial charge on any atom is -0.0617 e. The Morgan fingerprint density at radius 1 is 0.312 bits per heavy atom. The number of hydrogen-bond acceptors (Lipinski definition) is 0. The van der Waals surface area contributed by atoms with Crippen LogP contribution in [0.5, 0.6) is 0 Å². The zero-order valence-corrected chi connectivity index (χ0v) is 52.7. The molecule has 0 spiro atoms. The zero-order valence-electron chi connectivity index (χ0n) is 76.7. The summed E-state index contributed by atoms with van der Waals surface area (Å²) in [6.07, 6.45) is 0. The Morgan fingerprint density at radius 3 is 0.896 bits per heavy atom. The minimum absolute atomic E-state index is 0.0354. The highest BCUT2D eigenvalue weighted by Crippen LogP contribution is 2.35. The number of aryl methyl sites for hydroxylation is 5. The zero-order chi connectivity index (χ0) is 80.4. The average Bonchev–Trinajstić information content (AvgIpc) is 0.735. The highest BCUT2D eigenvalue weighted by atomic mass is 14.2. The van der Waals surface area contributed by atoms with E-state index in [1.807, 2.05) is 120 Å². The van der Waals surface area contributed by atoms with E-state index in [2.05, 4.69) is 71.0 Å². The lowest BCUT2D eigenvalue weighted by molar-refractivity contribution is 0.586. The van der Waals surface area contributed by atoms with Crippen LogP contribution in [0.1, 0.15) is 342 Å². The molecule has 0 radical (unpaired) electrons. The van der Waals surface area contributed by atoms with Gasteiger partial charge in [-0.05, 0) is 222 Å². The van der Waals surface area contributed by atoms with Gasteiger partial charge in [0.25, 0.3) is 0 Å². The lowest BCUT2D eigenvalue weighted by atomic mass is 9.80. The number of rotatable bonds is 9. The van der Waals surface area contributed by atoms with Crippen LogP contribution in [-0.4, -0.2) is 0 Å². The van der Waals surface area contributed by atoms with Crippen molar-refractivity contribution >= 4 is 0 Å². The van der Waals surface area contributed by atoms with Crippen LogP contribution in [0.4, 0.5) is 0 Å². The van der Waals surface area contributed by atoms with Crippen molar-refractivity contribution in [2.45, 2.75) is 273 Å². The van der Waals surface area contributed by atoms with Gasteiger partial charge in [0.15, 0.2) is 0 Å². The first-order chi connectivity index (χ1) is 44.4. The van der Waals surface area contributed by atoms with Gasteiger partial charge >= 0.3 is 0 Å². The maximum absolute atomic E-state index is 8.41. The van der Waals surface area contributed by atoms with E-state index in [1.165, 1.54) is 42.7 Å². The number of hydrogen-bond donors (Lipinski definition) is 0. The van der Waals surface area contributed by atoms with Crippen LogP contribution in [0, 0.1) is 69.2 Å². The molecule has 6 aromatic carbocycles. The summed E-state index contributed by atoms with van der Waals surface area (Å²) in [5.74, 6) is -11.5. The molecule has 4 atom stereocenters. The van der Waals surface area contributed by atoms with Gasteiger partial charge < -0.3 is 0 Å². The number of benzene rings is 6. The fourth-order valence-corrected chi connectivity index (χ4v) is 8.87. The van der Waals surface area contributed by atoms with Gasteiger partial charge in [-0.3, -0.25) is 0 Å². The van der Waals surface area contributed by atoms with Gasteiger partial charge in [-0.2, -0.15) is 0 Å². The van der Waals surface area contributed by atoms with Crippen LogP contribution in [0.25, 0.3) is 0 Å². The van der Waals surface area contributed by atoms with E-state index in [1.54, 1.807) is 39.0 Å². The van der Waals surface area contributed by atoms with E-state index in [0.29, 0.717) is 11.1 Å². The molecule has 0 heteroatoms. The van der Waals surface area contributed by atoms with Gasteiger partial charge in [-0.1, -0.05) is 259 Å². The van der Waals surface area contributed by atoms with Gasteiger partial charge in [0.05, 0.1) is 0 Å². The fourth-order valence-electron chi connectivity index (χ4n) is 8.87. The second-order valence-corrected chi connectivity index (χ2v) is 23.0. The molecular formula is C77H118. The molecule has 0 bridgehead atoms. The Hall–Kier alpha value is -4.68. The standard InChI is InChI=1S/C17H28.C16H26.2C13H20.C10H14.C8H10/c1-11(2)15-9-14(17(6,7)8)10-16(12(3)4)13(15)5;1-10(2)14-8-15(11(3)4)13(7)16(9-14)12(5)6;2*1-9(2)12-7-6-8-13(10(3)4)11(12)5;1-7-5-8(2)10(4)9(3)6-7;1-7-3-5-8(2)6-4-7/h9-12H,1-8H3;8-12H,1-7H3;2*6-10H,1-5H3;5-6H,1-4H3;3-6H,1-2H3/i11D,12D;1D3,3D3,5D3,10D,11D,12D;1D3,9D,10D;9D,10D;2D3;. The van der Waals surface area contributed by atoms with E-state index < -0.39 is 87.3 Å². The molecule has 0 saturated carbocycles. The highest BCUT2D eigenvalue weighted by Gasteiger charge is 2.20. The summed E-state index contributed by atoms with van der Waals surface area (Å²) in [5.41, 5.74) is 15.3. The van der Waals surface area contributed by atoms with Crippen molar-refractivity contribution in [2.75, 3.05) is 0 Å². The van der Waals surface area contributed by atoms with Gasteiger partial charge in [0.1, 0.15) is 0 Å². The lowest BCUT2D eigenvalue weighted by Crippen LogP contribution is -2.14. The molecule has 0 fully saturated rings. The van der Waals surface area contributed by atoms with E-state index in [9.17, 15) is 0 Å². The molecule has 0 N–H and O–H groups in total. The Balaban J connectivity index is 0.000000626. The second-order valence-electron chi connectivity index (χ2n) is 23.0. The molecule has 0 heterocycles. The SMILES string of the molecule is Cc1ccc(C)cc1.[2H]C(C)(C)c1cc(C(C)(C)C)cc(C([2H])(C)C)c1C.[2H]C(C)(C)c1cccc(C([2H])(C)C([2H])([2H])[2H])c1C.[2H]C(C)(C)c1cccc(C([2H])(C)C)c1C.[2H]C([2H])([2H])C([2H])(C)c1cc(C([2H])(C)C([2H])([2H])[2H])c(C)c(C([2H])(C)C([2H])([2H])[2H])c1.[2H]C([2H])([2H])c1cc(C)cc(C)c1C. The summed E-state index contributed by atoms with van der Waals surface area (Å²) in [6, 6.07) is 30.0. The third kappa shape index (κ3) is 22.5. The van der Waals surface area contributed by atoms with Crippen LogP contribution in [0.2, 0.25) is 0 Å². The molecule has 0 aliphatic carbocycles. The van der Waals surface area contributed by atoms with Crippen molar-refractivity contribution < 1.29 is 32.9 Å². The van der Waals surface area contributed by atoms with E-state index in [-0.39, 0.29) is 27.7 Å². The highest BCUT2D eigenvalue weighted by molar-refractivity contribution is 5.45. The molecule has 426 valence electrons. The smallest absolute Gasteiger partial charge is 0.0347 e. The maximum atomic E-state index is 8.41. The largest absolute Gasteiger partial charge is 0.0617 e. The van der Waals surface area contributed by atoms with Crippen molar-refractivity contribution in [1.82, 2.24) is 0 Å². The van der Waals surface area contributed by atoms with Crippen molar-refractivity contribution in [3.63, 3.8) is 0 Å². The van der Waals surface area contributed by atoms with Crippen molar-refractivity contribution in [2.24, 2.45) is 0 Å². The predicted molar refractivity (Wildman–Crippen MR) is 352 cm³/mol. The van der Waals surface area contributed by atoms with Crippen LogP contribution in [0.3, 0.4) is 0 Å². The first-order valence-corrected chi connectivity index (χ1v) is 27.0. The van der Waals surface area contributed by atoms with Crippen LogP contribution in [-0.2, 0) is 5.41 Å². The molecule has 0 aliphatic heterocycles. The molecule has 77 heavy (non-hydrogen) atoms. The lowest BCUT2D eigenvalue weighted by Gasteiger charge is -2.25. The molecule has 0 aliphatic rings. The normalized spacial score (nSPS) is 20.4. The molecular weight excluding hydrogens is 925 g/mol. The predicted octanol–water partition coefficient (Wildman–Crippen LogP) is 24.6. The molecule has 0 saturated heterocycles. The van der Waals surface area contributed by atoms with Crippen LogP contribution in [0.15, 0.2) is 97.1 Å². The maximum Gasteiger partial charge on any atom is 0.0347 e. The van der Waals surface area contributed by atoms with Crippen LogP contribution < -0.4 is 0 Å². The first kappa shape index (κ1) is 39.7. The molecule has 0 nitrogen and oxygen atoms in total. The molecule has 6 aromatic rings. The Labute approximate surface area is 512 Å². The molecule has 4 unspecified atom stereocenters. The summed E-state index contributed by atoms with van der Waals surface area (Å²) < 4.78 is 188. The summed E-state index contributed by atoms with van der Waals surface area (Å²) in [5, 5.41) is 0. The Morgan fingerprint density at radius 2 is 0.597 bits per heavy atom. The van der Waals surface area contributed by atoms with Crippen molar-refractivity contribution in [3.05, 3.63) is 208 Å². The van der Waals surface area contributed by atoms with E-state index in [0.717, 1.165) is 82.0 Å². The monoisotopic (exact) mass is 1070 g/mol. The van der Waals surface area contributed by atoms with Crippen molar-refractivity contribution in [3.8, 4) is 0 Å². The third-order valence-corrected chi connectivity index (χ3v) is 13.7. The topological polar surface area (TPSA) is 0 Å². The summed E-state index contributed by atoms with van der Waals surface area (Å²) in [7, 11) is 0. The third-order valence-electron chi connectivity index (χ3n) is 13.7. The van der Waals surface area contributed by atoms with Crippen molar-refractivity contribution in [1.29, 1.82) is 0 Å². The van der Waals surface area contributed by atoms with Crippen LogP contribution >= 0.6 is 0 Å². The molecule has 0 amide bonds. The quantitative estimate of drug-likeness (QED) is 0.135. The van der Waals surface area contributed by atoms with E-state index in [4.69, 9.17) is 32.9 Å². The summed E-state index contributed by atoms with van der Waals surface area (Å²) in [6.45, 7) is 34.5. The Bertz CT molecular complexity index is 3580. The van der Waals surface area contributed by atoms with Gasteiger partial charge in [-0.25, -0.2) is 0 Å².